The molecule has 0 unspecified atom stereocenters. The SMILES string of the molecule is COc1cc(C(C)=O)ccc1N=C(N)c1cccs1. The molecule has 0 spiro atoms. The van der Waals surface area contributed by atoms with Gasteiger partial charge in [-0.1, -0.05) is 6.07 Å². The van der Waals surface area contributed by atoms with Crippen molar-refractivity contribution in [2.45, 2.75) is 6.92 Å². The quantitative estimate of drug-likeness (QED) is 0.529. The third-order valence-electron chi connectivity index (χ3n) is 2.60. The summed E-state index contributed by atoms with van der Waals surface area (Å²) < 4.78 is 5.24. The Morgan fingerprint density at radius 1 is 1.37 bits per heavy atom. The molecule has 0 aliphatic carbocycles. The number of amidine groups is 1. The fourth-order valence-corrected chi connectivity index (χ4v) is 2.23. The number of methoxy groups -OCH3 is 1. The minimum atomic E-state index is -0.0138. The summed E-state index contributed by atoms with van der Waals surface area (Å²) in [6.07, 6.45) is 0. The molecule has 19 heavy (non-hydrogen) atoms. The number of benzene rings is 1. The smallest absolute Gasteiger partial charge is 0.159 e. The summed E-state index contributed by atoms with van der Waals surface area (Å²) in [7, 11) is 1.54. The van der Waals surface area contributed by atoms with E-state index in [1.54, 1.807) is 25.3 Å². The van der Waals surface area contributed by atoms with Crippen molar-refractivity contribution in [3.05, 3.63) is 46.2 Å². The number of hydrogen-bond donors (Lipinski definition) is 1. The van der Waals surface area contributed by atoms with Crippen LogP contribution in [0.3, 0.4) is 0 Å². The standard InChI is InChI=1S/C14H14N2O2S/c1-9(17)10-5-6-11(12(8-10)18-2)16-14(15)13-4-3-7-19-13/h3-8H,1-2H3,(H2,15,16). The number of rotatable bonds is 4. The van der Waals surface area contributed by atoms with Gasteiger partial charge in [0.2, 0.25) is 0 Å². The largest absolute Gasteiger partial charge is 0.494 e. The molecule has 0 atom stereocenters. The molecule has 1 aromatic heterocycles. The predicted octanol–water partition coefficient (Wildman–Crippen LogP) is 3.00. The first kappa shape index (κ1) is 13.3. The van der Waals surface area contributed by atoms with Gasteiger partial charge in [0.1, 0.15) is 17.3 Å². The molecule has 2 rings (SSSR count). The highest BCUT2D eigenvalue weighted by atomic mass is 32.1. The second-order valence-corrected chi connectivity index (χ2v) is 4.86. The number of Topliss-reactive ketones (excluding diaryl/α,β-unsaturated/α-hetero) is 1. The van der Waals surface area contributed by atoms with E-state index in [9.17, 15) is 4.79 Å². The number of aliphatic imine (C=N–C) groups is 1. The lowest BCUT2D eigenvalue weighted by molar-refractivity contribution is 0.101. The summed E-state index contributed by atoms with van der Waals surface area (Å²) in [4.78, 5) is 16.6. The zero-order valence-electron chi connectivity index (χ0n) is 10.7. The van der Waals surface area contributed by atoms with E-state index in [-0.39, 0.29) is 5.78 Å². The van der Waals surface area contributed by atoms with Crippen molar-refractivity contribution in [3.8, 4) is 5.75 Å². The van der Waals surface area contributed by atoms with Crippen LogP contribution in [0.25, 0.3) is 0 Å². The van der Waals surface area contributed by atoms with E-state index in [0.29, 0.717) is 22.8 Å². The van der Waals surface area contributed by atoms with Crippen molar-refractivity contribution in [1.82, 2.24) is 0 Å². The molecule has 2 aromatic rings. The van der Waals surface area contributed by atoms with Gasteiger partial charge in [-0.2, -0.15) is 0 Å². The van der Waals surface area contributed by atoms with Gasteiger partial charge < -0.3 is 10.5 Å². The van der Waals surface area contributed by atoms with Crippen LogP contribution in [0.15, 0.2) is 40.7 Å². The summed E-state index contributed by atoms with van der Waals surface area (Å²) in [6.45, 7) is 1.51. The Hall–Kier alpha value is -2.14. The zero-order chi connectivity index (χ0) is 13.8. The highest BCUT2D eigenvalue weighted by molar-refractivity contribution is 7.12. The van der Waals surface area contributed by atoms with E-state index >= 15 is 0 Å². The second kappa shape index (κ2) is 5.67. The van der Waals surface area contributed by atoms with Gasteiger partial charge >= 0.3 is 0 Å². The molecule has 0 amide bonds. The maximum Gasteiger partial charge on any atom is 0.159 e. The van der Waals surface area contributed by atoms with Gasteiger partial charge in [0.25, 0.3) is 0 Å². The van der Waals surface area contributed by atoms with Crippen LogP contribution >= 0.6 is 11.3 Å². The number of nitrogens with zero attached hydrogens (tertiary/aromatic N) is 1. The molecule has 0 saturated carbocycles. The van der Waals surface area contributed by atoms with E-state index in [1.807, 2.05) is 17.5 Å². The van der Waals surface area contributed by atoms with Crippen LogP contribution in [-0.2, 0) is 0 Å². The van der Waals surface area contributed by atoms with E-state index in [4.69, 9.17) is 10.5 Å². The Morgan fingerprint density at radius 3 is 2.74 bits per heavy atom. The molecule has 2 N–H and O–H groups in total. The van der Waals surface area contributed by atoms with Crippen molar-refractivity contribution in [1.29, 1.82) is 0 Å². The van der Waals surface area contributed by atoms with Crippen molar-refractivity contribution < 1.29 is 9.53 Å². The first-order valence-corrected chi connectivity index (χ1v) is 6.57. The fraction of sp³-hybridized carbons (Fsp3) is 0.143. The number of ketones is 1. The van der Waals surface area contributed by atoms with Gasteiger partial charge in [0.05, 0.1) is 12.0 Å². The summed E-state index contributed by atoms with van der Waals surface area (Å²) in [5.41, 5.74) is 7.13. The number of carbonyl (C=O) groups excluding carboxylic acids is 1. The number of hydrogen-bond acceptors (Lipinski definition) is 4. The van der Waals surface area contributed by atoms with Gasteiger partial charge in [-0.3, -0.25) is 4.79 Å². The Bertz CT molecular complexity index is 618. The first-order chi connectivity index (χ1) is 9.11. The van der Waals surface area contributed by atoms with Crippen LogP contribution in [0.1, 0.15) is 22.2 Å². The number of thiophene rings is 1. The highest BCUT2D eigenvalue weighted by Gasteiger charge is 2.08. The first-order valence-electron chi connectivity index (χ1n) is 5.69. The number of nitrogens with two attached hydrogens (primary N) is 1. The molecule has 1 aromatic carbocycles. The van der Waals surface area contributed by atoms with Crippen LogP contribution in [0.2, 0.25) is 0 Å². The number of carbonyl (C=O) groups is 1. The zero-order valence-corrected chi connectivity index (χ0v) is 11.5. The molecule has 0 saturated heterocycles. The Kier molecular flexibility index (Phi) is 3.97. The molecule has 4 nitrogen and oxygen atoms in total. The van der Waals surface area contributed by atoms with Gasteiger partial charge in [-0.15, -0.1) is 11.3 Å². The van der Waals surface area contributed by atoms with E-state index < -0.39 is 0 Å². The summed E-state index contributed by atoms with van der Waals surface area (Å²) in [5, 5.41) is 1.94. The van der Waals surface area contributed by atoms with Crippen molar-refractivity contribution >= 4 is 28.6 Å². The molecule has 0 fully saturated rings. The predicted molar refractivity (Wildman–Crippen MR) is 77.7 cm³/mol. The average molecular weight is 274 g/mol. The van der Waals surface area contributed by atoms with E-state index in [1.165, 1.54) is 18.3 Å². The highest BCUT2D eigenvalue weighted by Crippen LogP contribution is 2.29. The van der Waals surface area contributed by atoms with Crippen molar-refractivity contribution in [2.75, 3.05) is 7.11 Å². The molecular weight excluding hydrogens is 260 g/mol. The Balaban J connectivity index is 2.40. The van der Waals surface area contributed by atoms with Gasteiger partial charge in [-0.05, 0) is 36.6 Å². The summed E-state index contributed by atoms with van der Waals surface area (Å²) >= 11 is 1.52. The van der Waals surface area contributed by atoms with Crippen LogP contribution in [0.4, 0.5) is 5.69 Å². The average Bonchev–Trinajstić information content (AvgIpc) is 2.92. The van der Waals surface area contributed by atoms with Crippen LogP contribution < -0.4 is 10.5 Å². The Labute approximate surface area is 115 Å². The Morgan fingerprint density at radius 2 is 2.16 bits per heavy atom. The molecule has 0 aliphatic heterocycles. The lowest BCUT2D eigenvalue weighted by Gasteiger charge is -2.06. The summed E-state index contributed by atoms with van der Waals surface area (Å²) in [5.74, 6) is 0.955. The van der Waals surface area contributed by atoms with Crippen LogP contribution in [0, 0.1) is 0 Å². The molecule has 1 heterocycles. The van der Waals surface area contributed by atoms with Crippen molar-refractivity contribution in [3.63, 3.8) is 0 Å². The topological polar surface area (TPSA) is 64.7 Å². The minimum absolute atomic E-state index is 0.0138. The maximum atomic E-state index is 11.3. The van der Waals surface area contributed by atoms with Crippen molar-refractivity contribution in [2.24, 2.45) is 10.7 Å². The molecule has 0 radical (unpaired) electrons. The lowest BCUT2D eigenvalue weighted by atomic mass is 10.1. The molecular formula is C14H14N2O2S. The molecule has 5 heteroatoms. The minimum Gasteiger partial charge on any atom is -0.494 e. The lowest BCUT2D eigenvalue weighted by Crippen LogP contribution is -2.10. The van der Waals surface area contributed by atoms with Gasteiger partial charge in [0, 0.05) is 5.56 Å². The van der Waals surface area contributed by atoms with Gasteiger partial charge in [-0.25, -0.2) is 4.99 Å². The van der Waals surface area contributed by atoms with E-state index in [2.05, 4.69) is 4.99 Å². The second-order valence-electron chi connectivity index (χ2n) is 3.92. The van der Waals surface area contributed by atoms with Crippen LogP contribution in [-0.4, -0.2) is 18.7 Å². The van der Waals surface area contributed by atoms with Gasteiger partial charge in [0.15, 0.2) is 5.78 Å². The van der Waals surface area contributed by atoms with Crippen LogP contribution in [0.5, 0.6) is 5.75 Å². The monoisotopic (exact) mass is 274 g/mol. The molecule has 0 bridgehead atoms. The third kappa shape index (κ3) is 3.00. The fourth-order valence-electron chi connectivity index (χ4n) is 1.60. The van der Waals surface area contributed by atoms with E-state index in [0.717, 1.165) is 4.88 Å². The normalized spacial score (nSPS) is 11.4. The molecule has 0 aliphatic rings. The molecule has 98 valence electrons. The summed E-state index contributed by atoms with van der Waals surface area (Å²) in [6, 6.07) is 8.93. The number of ether oxygens (including phenoxy) is 1. The third-order valence-corrected chi connectivity index (χ3v) is 3.49. The maximum absolute atomic E-state index is 11.3.